The summed E-state index contributed by atoms with van der Waals surface area (Å²) in [5.74, 6) is 1.83. The highest BCUT2D eigenvalue weighted by Gasteiger charge is 2.27. The van der Waals surface area contributed by atoms with E-state index in [2.05, 4.69) is 32.7 Å². The van der Waals surface area contributed by atoms with E-state index in [1.54, 1.807) is 27.6 Å². The van der Waals surface area contributed by atoms with Crippen molar-refractivity contribution >= 4 is 44.8 Å². The molecule has 170 valence electrons. The van der Waals surface area contributed by atoms with Crippen LogP contribution >= 0.6 is 22.7 Å². The monoisotopic (exact) mass is 473 g/mol. The van der Waals surface area contributed by atoms with Gasteiger partial charge in [0.15, 0.2) is 0 Å². The Hall–Kier alpha value is -2.27. The second kappa shape index (κ2) is 9.70. The van der Waals surface area contributed by atoms with Crippen LogP contribution in [0.1, 0.15) is 12.7 Å². The molecule has 0 radical (unpaired) electrons. The molecule has 2 aliphatic rings. The Morgan fingerprint density at radius 1 is 1.12 bits per heavy atom. The van der Waals surface area contributed by atoms with Crippen LogP contribution in [0.25, 0.3) is 20.7 Å². The van der Waals surface area contributed by atoms with Gasteiger partial charge in [-0.05, 0) is 18.4 Å². The zero-order valence-electron chi connectivity index (χ0n) is 18.2. The Bertz CT molecular complexity index is 1060. The number of ether oxygens (including phenoxy) is 2. The quantitative estimate of drug-likeness (QED) is 0.561. The fourth-order valence-electron chi connectivity index (χ4n) is 4.15. The molecule has 32 heavy (non-hydrogen) atoms. The van der Waals surface area contributed by atoms with E-state index >= 15 is 0 Å². The van der Waals surface area contributed by atoms with Crippen molar-refractivity contribution in [1.82, 2.24) is 19.8 Å². The van der Waals surface area contributed by atoms with Crippen molar-refractivity contribution in [3.8, 4) is 10.4 Å². The van der Waals surface area contributed by atoms with Gasteiger partial charge in [0.25, 0.3) is 0 Å². The van der Waals surface area contributed by atoms with Gasteiger partial charge in [-0.3, -0.25) is 4.90 Å². The van der Waals surface area contributed by atoms with Crippen LogP contribution in [0.2, 0.25) is 0 Å². The Kier molecular flexibility index (Phi) is 6.54. The Morgan fingerprint density at radius 3 is 2.66 bits per heavy atom. The molecule has 5 heterocycles. The molecule has 0 aliphatic carbocycles. The summed E-state index contributed by atoms with van der Waals surface area (Å²) in [7, 11) is 0. The van der Waals surface area contributed by atoms with Gasteiger partial charge >= 0.3 is 6.09 Å². The fourth-order valence-corrected chi connectivity index (χ4v) is 5.93. The summed E-state index contributed by atoms with van der Waals surface area (Å²) in [5, 5.41) is 5.42. The molecule has 0 aromatic carbocycles. The molecule has 0 N–H and O–H groups in total. The van der Waals surface area contributed by atoms with Crippen molar-refractivity contribution < 1.29 is 14.3 Å². The van der Waals surface area contributed by atoms with Crippen LogP contribution in [0.15, 0.2) is 22.9 Å². The third-order valence-corrected chi connectivity index (χ3v) is 7.60. The molecule has 2 aliphatic heterocycles. The van der Waals surface area contributed by atoms with E-state index in [9.17, 15) is 4.79 Å². The molecule has 3 aromatic rings. The third-order valence-electron chi connectivity index (χ3n) is 5.82. The first-order valence-corrected chi connectivity index (χ1v) is 12.8. The first kappa shape index (κ1) is 21.6. The molecule has 3 aromatic heterocycles. The van der Waals surface area contributed by atoms with Gasteiger partial charge in [0, 0.05) is 55.1 Å². The van der Waals surface area contributed by atoms with E-state index in [-0.39, 0.29) is 6.09 Å². The lowest BCUT2D eigenvalue weighted by atomic mass is 10.1. The van der Waals surface area contributed by atoms with E-state index in [4.69, 9.17) is 19.4 Å². The summed E-state index contributed by atoms with van der Waals surface area (Å²) in [4.78, 5) is 30.8. The van der Waals surface area contributed by atoms with Crippen molar-refractivity contribution in [2.24, 2.45) is 0 Å². The van der Waals surface area contributed by atoms with Crippen LogP contribution in [0.4, 0.5) is 10.6 Å². The summed E-state index contributed by atoms with van der Waals surface area (Å²) >= 11 is 3.41. The lowest BCUT2D eigenvalue weighted by molar-refractivity contribution is 0.0331. The number of amides is 1. The smallest absolute Gasteiger partial charge is 0.409 e. The molecule has 8 nitrogen and oxygen atoms in total. The Labute approximate surface area is 195 Å². The molecule has 2 fully saturated rings. The number of carbonyl (C=O) groups is 1. The number of rotatable bonds is 5. The first-order chi connectivity index (χ1) is 15.7. The highest BCUT2D eigenvalue weighted by atomic mass is 32.1. The second-order valence-corrected chi connectivity index (χ2v) is 9.64. The number of piperazine rings is 1. The van der Waals surface area contributed by atoms with Crippen molar-refractivity contribution in [3.63, 3.8) is 0 Å². The van der Waals surface area contributed by atoms with Crippen LogP contribution in [0.5, 0.6) is 0 Å². The molecule has 0 spiro atoms. The van der Waals surface area contributed by atoms with Crippen LogP contribution in [0.3, 0.4) is 0 Å². The molecule has 0 atom stereocenters. The molecule has 0 saturated carbocycles. The van der Waals surface area contributed by atoms with Crippen molar-refractivity contribution in [2.75, 3.05) is 64.0 Å². The maximum atomic E-state index is 12.1. The number of anilines is 1. The average molecular weight is 474 g/mol. The van der Waals surface area contributed by atoms with Crippen LogP contribution in [-0.4, -0.2) is 85.0 Å². The zero-order valence-corrected chi connectivity index (χ0v) is 19.8. The number of hydrogen-bond acceptors (Lipinski definition) is 9. The molecule has 0 bridgehead atoms. The summed E-state index contributed by atoms with van der Waals surface area (Å²) in [5.41, 5.74) is 1.20. The third kappa shape index (κ3) is 4.45. The van der Waals surface area contributed by atoms with Gasteiger partial charge in [-0.15, -0.1) is 22.7 Å². The highest BCUT2D eigenvalue weighted by Crippen LogP contribution is 2.40. The standard InChI is InChI=1S/C22H27N5O3S2/c1-2-30-22(28)27-7-5-26(6-8-27)20-19-16(17-4-3-13-31-17)15-32-21(19)24-18(23-20)14-25-9-11-29-12-10-25/h3-4,13,15H,2,5-12,14H2,1H3. The van der Waals surface area contributed by atoms with Crippen LogP contribution in [0, 0.1) is 0 Å². The molecular formula is C22H27N5O3S2. The van der Waals surface area contributed by atoms with Crippen molar-refractivity contribution in [1.29, 1.82) is 0 Å². The van der Waals surface area contributed by atoms with Gasteiger partial charge in [-0.2, -0.15) is 0 Å². The van der Waals surface area contributed by atoms with Crippen molar-refractivity contribution in [2.45, 2.75) is 13.5 Å². The number of morpholine rings is 1. The van der Waals surface area contributed by atoms with E-state index < -0.39 is 0 Å². The fraction of sp³-hybridized carbons (Fsp3) is 0.500. The summed E-state index contributed by atoms with van der Waals surface area (Å²) in [6.07, 6.45) is -0.234. The number of aromatic nitrogens is 2. The first-order valence-electron chi connectivity index (χ1n) is 11.0. The summed E-state index contributed by atoms with van der Waals surface area (Å²) < 4.78 is 10.7. The molecular weight excluding hydrogens is 446 g/mol. The van der Waals surface area contributed by atoms with Gasteiger partial charge in [-0.1, -0.05) is 6.07 Å². The van der Waals surface area contributed by atoms with E-state index in [0.717, 1.165) is 67.8 Å². The van der Waals surface area contributed by atoms with Crippen LogP contribution < -0.4 is 4.90 Å². The average Bonchev–Trinajstić information content (AvgIpc) is 3.49. The topological polar surface area (TPSA) is 71.0 Å². The number of thiophene rings is 2. The minimum absolute atomic E-state index is 0.234. The molecule has 10 heteroatoms. The van der Waals surface area contributed by atoms with E-state index in [1.807, 2.05) is 6.92 Å². The van der Waals surface area contributed by atoms with Crippen LogP contribution in [-0.2, 0) is 16.0 Å². The van der Waals surface area contributed by atoms with E-state index in [0.29, 0.717) is 19.7 Å². The van der Waals surface area contributed by atoms with Gasteiger partial charge in [0.1, 0.15) is 16.5 Å². The van der Waals surface area contributed by atoms with Crippen molar-refractivity contribution in [3.05, 3.63) is 28.7 Å². The van der Waals surface area contributed by atoms with E-state index in [1.165, 1.54) is 10.4 Å². The zero-order chi connectivity index (χ0) is 21.9. The summed E-state index contributed by atoms with van der Waals surface area (Å²) in [6.45, 7) is 8.98. The van der Waals surface area contributed by atoms with Gasteiger partial charge in [0.2, 0.25) is 0 Å². The minimum Gasteiger partial charge on any atom is -0.450 e. The maximum Gasteiger partial charge on any atom is 0.409 e. The molecule has 1 amide bonds. The molecule has 2 saturated heterocycles. The highest BCUT2D eigenvalue weighted by molar-refractivity contribution is 7.18. The number of fused-ring (bicyclic) bond motifs is 1. The largest absolute Gasteiger partial charge is 0.450 e. The predicted molar refractivity (Wildman–Crippen MR) is 128 cm³/mol. The maximum absolute atomic E-state index is 12.1. The normalized spacial score (nSPS) is 17.8. The SMILES string of the molecule is CCOC(=O)N1CCN(c2nc(CN3CCOCC3)nc3scc(-c4cccs4)c23)CC1. The van der Waals surface area contributed by atoms with Gasteiger partial charge in [-0.25, -0.2) is 14.8 Å². The number of hydrogen-bond donors (Lipinski definition) is 0. The summed E-state index contributed by atoms with van der Waals surface area (Å²) in [6, 6.07) is 4.23. The lowest BCUT2D eigenvalue weighted by Crippen LogP contribution is -2.49. The van der Waals surface area contributed by atoms with Gasteiger partial charge in [0.05, 0.1) is 31.8 Å². The lowest BCUT2D eigenvalue weighted by Gasteiger charge is -2.35. The van der Waals surface area contributed by atoms with Gasteiger partial charge < -0.3 is 19.3 Å². The number of nitrogens with zero attached hydrogens (tertiary/aromatic N) is 5. The molecule has 5 rings (SSSR count). The predicted octanol–water partition coefficient (Wildman–Crippen LogP) is 3.53. The second-order valence-electron chi connectivity index (χ2n) is 7.83. The minimum atomic E-state index is -0.234. The number of carbonyl (C=O) groups excluding carboxylic acids is 1. The Balaban J connectivity index is 1.47. The Morgan fingerprint density at radius 2 is 1.94 bits per heavy atom. The molecule has 0 unspecified atom stereocenters.